The Bertz CT molecular complexity index is 1020. The topological polar surface area (TPSA) is 113 Å². The third-order valence-corrected chi connectivity index (χ3v) is 3.98. The summed E-state index contributed by atoms with van der Waals surface area (Å²) in [5.74, 6) is 0.576. The van der Waals surface area contributed by atoms with Crippen molar-refractivity contribution in [2.75, 3.05) is 20.3 Å². The first-order valence-corrected chi connectivity index (χ1v) is 9.23. The van der Waals surface area contributed by atoms with E-state index in [4.69, 9.17) is 18.7 Å². The maximum absolute atomic E-state index is 12.1. The highest BCUT2D eigenvalue weighted by molar-refractivity contribution is 5.96. The number of methoxy groups -OCH3 is 1. The molecular weight excluding hydrogens is 390 g/mol. The number of benzene rings is 2. The van der Waals surface area contributed by atoms with E-state index in [1.165, 1.54) is 7.11 Å². The summed E-state index contributed by atoms with van der Waals surface area (Å²) in [6.45, 7) is 1.87. The standard InChI is InChI=1S/C21H21N3O6/c1-3-28-17-10-5-4-9-16(17)20-23-18(30-24-20)13-29-19(25)12-22-21(26)14-7-6-8-15(11-14)27-2/h4-11H,3,12-13H2,1-2H3,(H,22,26). The molecule has 0 aliphatic rings. The highest BCUT2D eigenvalue weighted by atomic mass is 16.6. The molecule has 2 aromatic carbocycles. The molecule has 156 valence electrons. The first-order chi connectivity index (χ1) is 14.6. The van der Waals surface area contributed by atoms with Crippen LogP contribution in [0.2, 0.25) is 0 Å². The van der Waals surface area contributed by atoms with E-state index in [0.717, 1.165) is 0 Å². The lowest BCUT2D eigenvalue weighted by atomic mass is 10.2. The molecule has 1 N–H and O–H groups in total. The number of nitrogens with one attached hydrogen (secondary N) is 1. The molecule has 0 fully saturated rings. The Balaban J connectivity index is 1.51. The van der Waals surface area contributed by atoms with Crippen molar-refractivity contribution in [1.29, 1.82) is 0 Å². The zero-order chi connectivity index (χ0) is 21.3. The van der Waals surface area contributed by atoms with Crippen LogP contribution in [0, 0.1) is 0 Å². The number of esters is 1. The van der Waals surface area contributed by atoms with Gasteiger partial charge in [0.2, 0.25) is 5.82 Å². The fraction of sp³-hybridized carbons (Fsp3) is 0.238. The Kier molecular flexibility index (Phi) is 6.99. The Morgan fingerprint density at radius 2 is 1.97 bits per heavy atom. The maximum Gasteiger partial charge on any atom is 0.325 e. The highest BCUT2D eigenvalue weighted by Gasteiger charge is 2.15. The number of para-hydroxylation sites is 1. The number of carbonyl (C=O) groups excluding carboxylic acids is 2. The predicted octanol–water partition coefficient (Wildman–Crippen LogP) is 2.62. The molecular formula is C21H21N3O6. The second kappa shape index (κ2) is 10.1. The van der Waals surface area contributed by atoms with Gasteiger partial charge >= 0.3 is 5.97 Å². The largest absolute Gasteiger partial charge is 0.497 e. The van der Waals surface area contributed by atoms with Crippen LogP contribution in [-0.4, -0.2) is 42.3 Å². The van der Waals surface area contributed by atoms with Gasteiger partial charge in [0.15, 0.2) is 6.61 Å². The van der Waals surface area contributed by atoms with Crippen molar-refractivity contribution in [3.05, 3.63) is 60.0 Å². The molecule has 3 aromatic rings. The molecule has 30 heavy (non-hydrogen) atoms. The summed E-state index contributed by atoms with van der Waals surface area (Å²) >= 11 is 0. The van der Waals surface area contributed by atoms with E-state index in [-0.39, 0.29) is 19.0 Å². The van der Waals surface area contributed by atoms with E-state index in [2.05, 4.69) is 15.5 Å². The lowest BCUT2D eigenvalue weighted by Crippen LogP contribution is -2.30. The third-order valence-electron chi connectivity index (χ3n) is 3.98. The van der Waals surface area contributed by atoms with Gasteiger partial charge in [0.1, 0.15) is 18.0 Å². The van der Waals surface area contributed by atoms with Gasteiger partial charge in [0.25, 0.3) is 11.8 Å². The molecule has 0 aliphatic heterocycles. The minimum Gasteiger partial charge on any atom is -0.497 e. The van der Waals surface area contributed by atoms with Crippen LogP contribution in [0.4, 0.5) is 0 Å². The van der Waals surface area contributed by atoms with Crippen LogP contribution >= 0.6 is 0 Å². The Morgan fingerprint density at radius 3 is 2.77 bits per heavy atom. The number of ether oxygens (including phenoxy) is 3. The van der Waals surface area contributed by atoms with Crippen LogP contribution in [0.1, 0.15) is 23.2 Å². The molecule has 9 heteroatoms. The fourth-order valence-corrected chi connectivity index (χ4v) is 2.57. The number of nitrogens with zero attached hydrogens (tertiary/aromatic N) is 2. The summed E-state index contributed by atoms with van der Waals surface area (Å²) in [5.41, 5.74) is 1.04. The van der Waals surface area contributed by atoms with E-state index in [9.17, 15) is 9.59 Å². The van der Waals surface area contributed by atoms with Crippen LogP contribution in [0.3, 0.4) is 0 Å². The predicted molar refractivity (Wildman–Crippen MR) is 106 cm³/mol. The lowest BCUT2D eigenvalue weighted by molar-refractivity contribution is -0.144. The van der Waals surface area contributed by atoms with Gasteiger partial charge in [-0.05, 0) is 37.3 Å². The summed E-state index contributed by atoms with van der Waals surface area (Å²) in [7, 11) is 1.51. The van der Waals surface area contributed by atoms with Crippen LogP contribution in [0.15, 0.2) is 53.1 Å². The molecule has 0 saturated heterocycles. The number of carbonyl (C=O) groups is 2. The van der Waals surface area contributed by atoms with Crippen molar-refractivity contribution in [1.82, 2.24) is 15.5 Å². The van der Waals surface area contributed by atoms with Crippen LogP contribution < -0.4 is 14.8 Å². The first-order valence-electron chi connectivity index (χ1n) is 9.23. The van der Waals surface area contributed by atoms with Gasteiger partial charge in [0.05, 0.1) is 19.3 Å². The average Bonchev–Trinajstić information content (AvgIpc) is 3.25. The number of hydrogen-bond donors (Lipinski definition) is 1. The van der Waals surface area contributed by atoms with Gasteiger partial charge in [-0.1, -0.05) is 23.4 Å². The molecule has 3 rings (SSSR count). The van der Waals surface area contributed by atoms with E-state index >= 15 is 0 Å². The van der Waals surface area contributed by atoms with Crippen molar-refractivity contribution in [3.63, 3.8) is 0 Å². The number of amides is 1. The normalized spacial score (nSPS) is 10.3. The van der Waals surface area contributed by atoms with E-state index < -0.39 is 11.9 Å². The molecule has 0 bridgehead atoms. The summed E-state index contributed by atoms with van der Waals surface area (Å²) in [5, 5.41) is 6.39. The lowest BCUT2D eigenvalue weighted by Gasteiger charge is -2.06. The summed E-state index contributed by atoms with van der Waals surface area (Å²) in [6.07, 6.45) is 0. The molecule has 0 spiro atoms. The fourth-order valence-electron chi connectivity index (χ4n) is 2.57. The van der Waals surface area contributed by atoms with Crippen molar-refractivity contribution in [2.24, 2.45) is 0 Å². The third kappa shape index (κ3) is 5.34. The molecule has 0 radical (unpaired) electrons. The van der Waals surface area contributed by atoms with E-state index in [1.807, 2.05) is 19.1 Å². The van der Waals surface area contributed by atoms with Gasteiger partial charge in [-0.25, -0.2) is 0 Å². The summed E-state index contributed by atoms with van der Waals surface area (Å²) in [6, 6.07) is 13.9. The van der Waals surface area contributed by atoms with Gasteiger partial charge in [-0.15, -0.1) is 0 Å². The zero-order valence-electron chi connectivity index (χ0n) is 16.6. The summed E-state index contributed by atoms with van der Waals surface area (Å²) in [4.78, 5) is 28.3. The Hall–Kier alpha value is -3.88. The molecule has 1 aromatic heterocycles. The Labute approximate surface area is 172 Å². The maximum atomic E-state index is 12.1. The van der Waals surface area contributed by atoms with E-state index in [1.54, 1.807) is 36.4 Å². The molecule has 0 unspecified atom stereocenters. The van der Waals surface area contributed by atoms with Gasteiger partial charge in [-0.2, -0.15) is 4.98 Å². The number of aromatic nitrogens is 2. The first kappa shape index (κ1) is 20.8. The molecule has 1 heterocycles. The SMILES string of the molecule is CCOc1ccccc1-c1noc(COC(=O)CNC(=O)c2cccc(OC)c2)n1. The molecule has 9 nitrogen and oxygen atoms in total. The molecule has 0 atom stereocenters. The second-order valence-corrected chi connectivity index (χ2v) is 6.02. The summed E-state index contributed by atoms with van der Waals surface area (Å²) < 4.78 is 20.8. The minimum atomic E-state index is -0.638. The van der Waals surface area contributed by atoms with Gasteiger partial charge in [-0.3, -0.25) is 9.59 Å². The highest BCUT2D eigenvalue weighted by Crippen LogP contribution is 2.27. The van der Waals surface area contributed by atoms with Crippen molar-refractivity contribution in [2.45, 2.75) is 13.5 Å². The van der Waals surface area contributed by atoms with Crippen molar-refractivity contribution < 1.29 is 28.3 Å². The van der Waals surface area contributed by atoms with Crippen LogP contribution in [0.5, 0.6) is 11.5 Å². The van der Waals surface area contributed by atoms with Gasteiger partial charge in [0, 0.05) is 5.56 Å². The van der Waals surface area contributed by atoms with Crippen molar-refractivity contribution in [3.8, 4) is 22.9 Å². The average molecular weight is 411 g/mol. The quantitative estimate of drug-likeness (QED) is 0.535. The number of rotatable bonds is 9. The molecule has 0 aliphatic carbocycles. The Morgan fingerprint density at radius 1 is 1.13 bits per heavy atom. The van der Waals surface area contributed by atoms with Crippen LogP contribution in [-0.2, 0) is 16.1 Å². The smallest absolute Gasteiger partial charge is 0.325 e. The van der Waals surface area contributed by atoms with Crippen molar-refractivity contribution >= 4 is 11.9 Å². The van der Waals surface area contributed by atoms with E-state index in [0.29, 0.717) is 35.1 Å². The minimum absolute atomic E-state index is 0.128. The second-order valence-electron chi connectivity index (χ2n) is 6.02. The monoisotopic (exact) mass is 411 g/mol. The molecule has 0 saturated carbocycles. The van der Waals surface area contributed by atoms with Gasteiger partial charge < -0.3 is 24.1 Å². The zero-order valence-corrected chi connectivity index (χ0v) is 16.6. The number of hydrogen-bond acceptors (Lipinski definition) is 8. The van der Waals surface area contributed by atoms with Crippen LogP contribution in [0.25, 0.3) is 11.4 Å². The molecule has 1 amide bonds.